The van der Waals surface area contributed by atoms with E-state index in [2.05, 4.69) is 20.9 Å². The molecule has 0 unspecified atom stereocenters. The van der Waals surface area contributed by atoms with Crippen LogP contribution in [0.3, 0.4) is 0 Å². The minimum atomic E-state index is 1.02. The summed E-state index contributed by atoms with van der Waals surface area (Å²) in [4.78, 5) is 4.16. The van der Waals surface area contributed by atoms with Gasteiger partial charge >= 0.3 is 0 Å². The molecule has 54 valence electrons. The summed E-state index contributed by atoms with van der Waals surface area (Å²) in [6.07, 6.45) is 1.82. The molecule has 10 heavy (non-hydrogen) atoms. The highest BCUT2D eigenvalue weighted by Gasteiger charge is 1.89. The first kappa shape index (κ1) is 8.08. The Balaban J connectivity index is 2.43. The van der Waals surface area contributed by atoms with Crippen LogP contribution in [0.4, 0.5) is 0 Å². The lowest BCUT2D eigenvalue weighted by Crippen LogP contribution is -1.80. The van der Waals surface area contributed by atoms with Gasteiger partial charge in [-0.15, -0.1) is 11.8 Å². The normalized spacial score (nSPS) is 9.70. The lowest BCUT2D eigenvalue weighted by atomic mass is 10.5. The number of nitrogens with zero attached hydrogens (tertiary/aromatic N) is 1. The summed E-state index contributed by atoms with van der Waals surface area (Å²) < 4.78 is 0. The number of hydrogen-bond donors (Lipinski definition) is 0. The standard InChI is InChI=1S/C7H8BrNS/c8-4-6-10-7-3-1-2-5-9-7/h1-3,5H,4,6H2. The third-order valence-corrected chi connectivity index (χ3v) is 2.83. The van der Waals surface area contributed by atoms with Crippen molar-refractivity contribution in [2.24, 2.45) is 0 Å². The Morgan fingerprint density at radius 1 is 1.50 bits per heavy atom. The van der Waals surface area contributed by atoms with Crippen LogP contribution in [0.1, 0.15) is 0 Å². The second-order valence-electron chi connectivity index (χ2n) is 1.71. The maximum Gasteiger partial charge on any atom is 0.0960 e. The van der Waals surface area contributed by atoms with Crippen molar-refractivity contribution in [3.05, 3.63) is 24.4 Å². The van der Waals surface area contributed by atoms with E-state index in [-0.39, 0.29) is 0 Å². The first-order chi connectivity index (χ1) is 4.93. The van der Waals surface area contributed by atoms with Crippen molar-refractivity contribution < 1.29 is 0 Å². The van der Waals surface area contributed by atoms with E-state index in [1.807, 2.05) is 24.4 Å². The summed E-state index contributed by atoms with van der Waals surface area (Å²) >= 11 is 5.12. The number of alkyl halides is 1. The van der Waals surface area contributed by atoms with E-state index < -0.39 is 0 Å². The summed E-state index contributed by atoms with van der Waals surface area (Å²) in [5, 5.41) is 2.12. The van der Waals surface area contributed by atoms with Gasteiger partial charge in [-0.05, 0) is 12.1 Å². The second-order valence-corrected chi connectivity index (χ2v) is 3.61. The van der Waals surface area contributed by atoms with Crippen LogP contribution in [0.2, 0.25) is 0 Å². The first-order valence-electron chi connectivity index (χ1n) is 3.03. The maximum absolute atomic E-state index is 4.16. The third-order valence-electron chi connectivity index (χ3n) is 0.965. The van der Waals surface area contributed by atoms with Crippen molar-refractivity contribution in [3.63, 3.8) is 0 Å². The number of pyridine rings is 1. The van der Waals surface area contributed by atoms with Gasteiger partial charge in [-0.1, -0.05) is 22.0 Å². The van der Waals surface area contributed by atoms with Crippen molar-refractivity contribution in [1.82, 2.24) is 4.98 Å². The molecule has 1 nitrogen and oxygen atoms in total. The summed E-state index contributed by atoms with van der Waals surface area (Å²) in [7, 11) is 0. The van der Waals surface area contributed by atoms with Crippen LogP contribution in [-0.4, -0.2) is 16.1 Å². The summed E-state index contributed by atoms with van der Waals surface area (Å²) in [5.74, 6) is 1.08. The monoisotopic (exact) mass is 217 g/mol. The first-order valence-corrected chi connectivity index (χ1v) is 5.14. The van der Waals surface area contributed by atoms with Gasteiger partial charge in [0, 0.05) is 17.3 Å². The number of aromatic nitrogens is 1. The van der Waals surface area contributed by atoms with Gasteiger partial charge in [0.1, 0.15) is 0 Å². The SMILES string of the molecule is BrCCSc1ccccn1. The predicted octanol–water partition coefficient (Wildman–Crippen LogP) is 2.57. The minimum absolute atomic E-state index is 1.02. The average Bonchev–Trinajstić information content (AvgIpc) is 2.03. The Labute approximate surface area is 73.4 Å². The molecule has 0 atom stereocenters. The van der Waals surface area contributed by atoms with Gasteiger partial charge in [-0.3, -0.25) is 0 Å². The predicted molar refractivity (Wildman–Crippen MR) is 48.8 cm³/mol. The fraction of sp³-hybridized carbons (Fsp3) is 0.286. The van der Waals surface area contributed by atoms with Crippen molar-refractivity contribution >= 4 is 27.7 Å². The molecule has 0 fully saturated rings. The van der Waals surface area contributed by atoms with Crippen LogP contribution in [0.5, 0.6) is 0 Å². The molecule has 0 aliphatic carbocycles. The molecule has 0 saturated heterocycles. The molecule has 0 amide bonds. The molecular formula is C7H8BrNS. The second kappa shape index (κ2) is 4.74. The molecule has 0 aromatic carbocycles. The fourth-order valence-electron chi connectivity index (χ4n) is 0.576. The molecule has 0 saturated carbocycles. The number of rotatable bonds is 3. The van der Waals surface area contributed by atoms with Gasteiger partial charge in [0.05, 0.1) is 5.03 Å². The Kier molecular flexibility index (Phi) is 3.83. The van der Waals surface area contributed by atoms with Crippen LogP contribution in [0.25, 0.3) is 0 Å². The molecule has 0 aliphatic rings. The van der Waals surface area contributed by atoms with E-state index in [0.717, 1.165) is 16.1 Å². The summed E-state index contributed by atoms with van der Waals surface area (Å²) in [5.41, 5.74) is 0. The summed E-state index contributed by atoms with van der Waals surface area (Å²) in [6.45, 7) is 0. The third kappa shape index (κ3) is 2.71. The minimum Gasteiger partial charge on any atom is -0.250 e. The van der Waals surface area contributed by atoms with Gasteiger partial charge in [-0.25, -0.2) is 4.98 Å². The van der Waals surface area contributed by atoms with Crippen LogP contribution in [0.15, 0.2) is 29.4 Å². The van der Waals surface area contributed by atoms with Gasteiger partial charge in [0.15, 0.2) is 0 Å². The van der Waals surface area contributed by atoms with E-state index in [0.29, 0.717) is 0 Å². The maximum atomic E-state index is 4.16. The van der Waals surface area contributed by atoms with Crippen LogP contribution in [-0.2, 0) is 0 Å². The van der Waals surface area contributed by atoms with Gasteiger partial charge in [-0.2, -0.15) is 0 Å². The lowest BCUT2D eigenvalue weighted by molar-refractivity contribution is 1.13. The molecule has 1 aromatic rings. The Hall–Kier alpha value is -0.0200. The van der Waals surface area contributed by atoms with Crippen LogP contribution >= 0.6 is 27.7 Å². The van der Waals surface area contributed by atoms with Crippen LogP contribution in [0, 0.1) is 0 Å². The van der Waals surface area contributed by atoms with E-state index in [1.54, 1.807) is 11.8 Å². The molecular weight excluding hydrogens is 210 g/mol. The number of halogens is 1. The van der Waals surface area contributed by atoms with E-state index >= 15 is 0 Å². The molecule has 1 heterocycles. The highest BCUT2D eigenvalue weighted by molar-refractivity contribution is 9.09. The van der Waals surface area contributed by atoms with Gasteiger partial charge in [0.25, 0.3) is 0 Å². The molecule has 1 aromatic heterocycles. The van der Waals surface area contributed by atoms with E-state index in [4.69, 9.17) is 0 Å². The zero-order valence-corrected chi connectivity index (χ0v) is 7.86. The number of hydrogen-bond acceptors (Lipinski definition) is 2. The van der Waals surface area contributed by atoms with Crippen molar-refractivity contribution in [2.75, 3.05) is 11.1 Å². The van der Waals surface area contributed by atoms with Crippen molar-refractivity contribution in [3.8, 4) is 0 Å². The Morgan fingerprint density at radius 3 is 3.00 bits per heavy atom. The molecule has 0 aliphatic heterocycles. The van der Waals surface area contributed by atoms with Gasteiger partial charge < -0.3 is 0 Å². The zero-order valence-electron chi connectivity index (χ0n) is 5.46. The molecule has 0 bridgehead atoms. The quantitative estimate of drug-likeness (QED) is 0.571. The number of thioether (sulfide) groups is 1. The zero-order chi connectivity index (χ0) is 7.23. The topological polar surface area (TPSA) is 12.9 Å². The van der Waals surface area contributed by atoms with E-state index in [9.17, 15) is 0 Å². The molecule has 0 radical (unpaired) electrons. The van der Waals surface area contributed by atoms with Crippen molar-refractivity contribution in [1.29, 1.82) is 0 Å². The Bertz CT molecular complexity index is 178. The largest absolute Gasteiger partial charge is 0.250 e. The smallest absolute Gasteiger partial charge is 0.0960 e. The molecule has 0 N–H and O–H groups in total. The van der Waals surface area contributed by atoms with Crippen molar-refractivity contribution in [2.45, 2.75) is 5.03 Å². The molecule has 0 spiro atoms. The molecule has 3 heteroatoms. The Morgan fingerprint density at radius 2 is 2.40 bits per heavy atom. The van der Waals surface area contributed by atoms with Gasteiger partial charge in [0.2, 0.25) is 0 Å². The fourth-order valence-corrected chi connectivity index (χ4v) is 1.66. The van der Waals surface area contributed by atoms with E-state index in [1.165, 1.54) is 0 Å². The highest BCUT2D eigenvalue weighted by Crippen LogP contribution is 2.13. The highest BCUT2D eigenvalue weighted by atomic mass is 79.9. The van der Waals surface area contributed by atoms with Crippen LogP contribution < -0.4 is 0 Å². The summed E-state index contributed by atoms with van der Waals surface area (Å²) in [6, 6.07) is 5.95. The average molecular weight is 218 g/mol. The lowest BCUT2D eigenvalue weighted by Gasteiger charge is -1.94. The molecule has 1 rings (SSSR count).